The fraction of sp³-hybridized carbons (Fsp3) is 0.500. The molecule has 6 heteroatoms. The Labute approximate surface area is 47.7 Å². The second-order valence-electron chi connectivity index (χ2n) is 0.973. The van der Waals surface area contributed by atoms with Gasteiger partial charge in [0.25, 0.3) is 11.0 Å². The van der Waals surface area contributed by atoms with Gasteiger partial charge in [-0.2, -0.15) is 4.28 Å². The van der Waals surface area contributed by atoms with Gasteiger partial charge in [-0.3, -0.25) is 4.79 Å². The van der Waals surface area contributed by atoms with Gasteiger partial charge in [0.15, 0.2) is 0 Å². The maximum atomic E-state index is 9.84. The van der Waals surface area contributed by atoms with Gasteiger partial charge in [-0.15, -0.1) is 0 Å². The van der Waals surface area contributed by atoms with Gasteiger partial charge in [0, 0.05) is 6.92 Å². The largest absolute Gasteiger partial charge is 0.277 e. The van der Waals surface area contributed by atoms with Crippen LogP contribution in [0.1, 0.15) is 6.92 Å². The molecular formula is C2H5NO4S. The highest BCUT2D eigenvalue weighted by atomic mass is 32.2. The number of hydrogen-bond donors (Lipinski definition) is 2. The van der Waals surface area contributed by atoms with E-state index in [4.69, 9.17) is 0 Å². The minimum atomic E-state index is -2.96. The molecule has 0 unspecified atom stereocenters. The monoisotopic (exact) mass is 139 g/mol. The lowest BCUT2D eigenvalue weighted by atomic mass is 10.8. The molecular weight excluding hydrogens is 134 g/mol. The van der Waals surface area contributed by atoms with E-state index in [0.29, 0.717) is 0 Å². The van der Waals surface area contributed by atoms with Crippen LogP contribution in [-0.2, 0) is 20.1 Å². The van der Waals surface area contributed by atoms with Crippen LogP contribution >= 0.6 is 0 Å². The molecule has 0 aromatic rings. The van der Waals surface area contributed by atoms with E-state index < -0.39 is 16.9 Å². The third-order valence-corrected chi connectivity index (χ3v) is 0.504. The van der Waals surface area contributed by atoms with E-state index >= 15 is 0 Å². The van der Waals surface area contributed by atoms with Gasteiger partial charge in [0.1, 0.15) is 0 Å². The summed E-state index contributed by atoms with van der Waals surface area (Å²) >= 11 is 0. The molecule has 0 spiro atoms. The molecule has 48 valence electrons. The predicted octanol–water partition coefficient (Wildman–Crippen LogP) is -1.42. The number of carbonyl (C=O) groups is 1. The number of amides is 1. The number of nitrogens with one attached hydrogen (secondary N) is 1. The molecule has 0 atom stereocenters. The lowest BCUT2D eigenvalue weighted by Gasteiger charge is -1.89. The van der Waals surface area contributed by atoms with Crippen LogP contribution in [0.25, 0.3) is 0 Å². The Morgan fingerprint density at radius 2 is 2.12 bits per heavy atom. The standard InChI is InChI=1S/C2H5NO4S/c1-2(4)3-7-8(5)6/h8H,1H3,(H,3,4). The highest BCUT2D eigenvalue weighted by Crippen LogP contribution is 1.62. The van der Waals surface area contributed by atoms with Crippen molar-refractivity contribution < 1.29 is 17.5 Å². The van der Waals surface area contributed by atoms with Crippen molar-refractivity contribution >= 4 is 16.9 Å². The minimum Gasteiger partial charge on any atom is -0.273 e. The second-order valence-corrected chi connectivity index (χ2v) is 1.60. The average molecular weight is 139 g/mol. The average Bonchev–Trinajstić information content (AvgIpc) is 1.61. The molecule has 0 aromatic heterocycles. The first-order valence-corrected chi connectivity index (χ1v) is 2.80. The van der Waals surface area contributed by atoms with Crippen LogP contribution in [-0.4, -0.2) is 14.3 Å². The van der Waals surface area contributed by atoms with E-state index in [-0.39, 0.29) is 0 Å². The second kappa shape index (κ2) is 3.39. The van der Waals surface area contributed by atoms with Crippen molar-refractivity contribution in [3.05, 3.63) is 0 Å². The van der Waals surface area contributed by atoms with Crippen LogP contribution in [0, 0.1) is 0 Å². The third kappa shape index (κ3) is 5.38. The lowest BCUT2D eigenvalue weighted by Crippen LogP contribution is -2.18. The molecule has 0 aromatic carbocycles. The Morgan fingerprint density at radius 3 is 2.25 bits per heavy atom. The molecule has 0 aliphatic rings. The first-order chi connectivity index (χ1) is 3.63. The van der Waals surface area contributed by atoms with Gasteiger partial charge in [-0.1, -0.05) is 0 Å². The summed E-state index contributed by atoms with van der Waals surface area (Å²) in [5.41, 5.74) is 1.61. The summed E-state index contributed by atoms with van der Waals surface area (Å²) < 4.78 is 22.7. The van der Waals surface area contributed by atoms with Crippen molar-refractivity contribution in [2.24, 2.45) is 0 Å². The van der Waals surface area contributed by atoms with Crippen LogP contribution in [0.15, 0.2) is 0 Å². The Morgan fingerprint density at radius 1 is 1.62 bits per heavy atom. The van der Waals surface area contributed by atoms with E-state index in [1.54, 1.807) is 5.48 Å². The zero-order chi connectivity index (χ0) is 6.57. The maximum absolute atomic E-state index is 9.84. The van der Waals surface area contributed by atoms with Gasteiger partial charge in [-0.05, 0) is 0 Å². The summed E-state index contributed by atoms with van der Waals surface area (Å²) in [6.07, 6.45) is 0. The molecule has 0 bridgehead atoms. The molecule has 0 radical (unpaired) electrons. The van der Waals surface area contributed by atoms with E-state index in [1.165, 1.54) is 0 Å². The summed E-state index contributed by atoms with van der Waals surface area (Å²) in [4.78, 5) is 9.84. The minimum absolute atomic E-state index is 0.552. The molecule has 0 rings (SSSR count). The molecule has 0 fully saturated rings. The summed E-state index contributed by atoms with van der Waals surface area (Å²) in [7, 11) is -2.96. The number of rotatable bonds is 2. The smallest absolute Gasteiger partial charge is 0.273 e. The van der Waals surface area contributed by atoms with Crippen LogP contribution in [0.2, 0.25) is 0 Å². The first-order valence-electron chi connectivity index (χ1n) is 1.71. The van der Waals surface area contributed by atoms with E-state index in [9.17, 15) is 13.2 Å². The number of hydroxylamine groups is 1. The SMILES string of the molecule is CC(=O)NO[SH](=O)=O. The summed E-state index contributed by atoms with van der Waals surface area (Å²) in [5, 5.41) is 0. The van der Waals surface area contributed by atoms with Crippen molar-refractivity contribution in [3.8, 4) is 0 Å². The molecule has 1 amide bonds. The number of thiol groups is 1. The number of carbonyl (C=O) groups excluding carboxylic acids is 1. The van der Waals surface area contributed by atoms with Crippen LogP contribution < -0.4 is 5.48 Å². The molecule has 0 saturated heterocycles. The molecule has 0 aliphatic heterocycles. The summed E-state index contributed by atoms with van der Waals surface area (Å²) in [6.45, 7) is 1.14. The Bertz CT molecular complexity index is 142. The van der Waals surface area contributed by atoms with Crippen LogP contribution in [0.4, 0.5) is 0 Å². The van der Waals surface area contributed by atoms with Crippen LogP contribution in [0.3, 0.4) is 0 Å². The fourth-order valence-corrected chi connectivity index (χ4v) is 0.305. The Hall–Kier alpha value is -0.620. The zero-order valence-electron chi connectivity index (χ0n) is 4.08. The van der Waals surface area contributed by atoms with Crippen molar-refractivity contribution in [1.29, 1.82) is 0 Å². The third-order valence-electron chi connectivity index (χ3n) is 0.264. The topological polar surface area (TPSA) is 72.5 Å². The van der Waals surface area contributed by atoms with Gasteiger partial charge < -0.3 is 0 Å². The van der Waals surface area contributed by atoms with Gasteiger partial charge in [0.2, 0.25) is 5.91 Å². The summed E-state index contributed by atoms with van der Waals surface area (Å²) in [6, 6.07) is 0. The van der Waals surface area contributed by atoms with Gasteiger partial charge in [0.05, 0.1) is 0 Å². The Kier molecular flexibility index (Phi) is 3.13. The highest BCUT2D eigenvalue weighted by Gasteiger charge is 1.87. The van der Waals surface area contributed by atoms with E-state index in [2.05, 4.69) is 4.28 Å². The Balaban J connectivity index is 3.32. The fourth-order valence-electron chi connectivity index (χ4n) is 0.102. The molecule has 0 saturated carbocycles. The van der Waals surface area contributed by atoms with Crippen LogP contribution in [0.5, 0.6) is 0 Å². The predicted molar refractivity (Wildman–Crippen MR) is 25.2 cm³/mol. The van der Waals surface area contributed by atoms with Crippen molar-refractivity contribution in [3.63, 3.8) is 0 Å². The van der Waals surface area contributed by atoms with Crippen molar-refractivity contribution in [2.75, 3.05) is 0 Å². The molecule has 0 aliphatic carbocycles. The first kappa shape index (κ1) is 7.38. The van der Waals surface area contributed by atoms with E-state index in [0.717, 1.165) is 6.92 Å². The maximum Gasteiger partial charge on any atom is 0.277 e. The molecule has 0 heterocycles. The van der Waals surface area contributed by atoms with Gasteiger partial charge >= 0.3 is 0 Å². The molecule has 5 nitrogen and oxygen atoms in total. The normalized spacial score (nSPS) is 9.25. The molecule has 8 heavy (non-hydrogen) atoms. The lowest BCUT2D eigenvalue weighted by molar-refractivity contribution is -0.125. The molecule has 1 N–H and O–H groups in total. The zero-order valence-corrected chi connectivity index (χ0v) is 4.97. The van der Waals surface area contributed by atoms with Gasteiger partial charge in [-0.25, -0.2) is 13.9 Å². The van der Waals surface area contributed by atoms with E-state index in [1.807, 2.05) is 0 Å². The number of hydrogen-bond acceptors (Lipinski definition) is 4. The van der Waals surface area contributed by atoms with Crippen molar-refractivity contribution in [2.45, 2.75) is 6.92 Å². The quantitative estimate of drug-likeness (QED) is 0.364. The van der Waals surface area contributed by atoms with Crippen molar-refractivity contribution in [1.82, 2.24) is 5.48 Å². The summed E-state index contributed by atoms with van der Waals surface area (Å²) in [5.74, 6) is -0.552. The highest BCUT2D eigenvalue weighted by molar-refractivity contribution is 7.67.